The molecule has 1 unspecified atom stereocenters. The van der Waals surface area contributed by atoms with Crippen LogP contribution in [0.3, 0.4) is 0 Å². The molecule has 1 atom stereocenters. The van der Waals surface area contributed by atoms with Gasteiger partial charge in [0.1, 0.15) is 0 Å². The van der Waals surface area contributed by atoms with Gasteiger partial charge < -0.3 is 15.1 Å². The predicted octanol–water partition coefficient (Wildman–Crippen LogP) is 0.718. The minimum atomic E-state index is -0.876. The van der Waals surface area contributed by atoms with E-state index < -0.39 is 5.97 Å². The van der Waals surface area contributed by atoms with E-state index >= 15 is 0 Å². The molecule has 0 aliphatic heterocycles. The monoisotopic (exact) mass is 231 g/mol. The Hall–Kier alpha value is -1.10. The van der Waals surface area contributed by atoms with Crippen LogP contribution in [0.5, 0.6) is 0 Å². The summed E-state index contributed by atoms with van der Waals surface area (Å²) in [6.07, 6.45) is 0.835. The second kappa shape index (κ2) is 8.10. The standard InChI is InChI=1S/C11H21NO4/c1-3-12(5-4-6-13)10(14)7-9(2)8-11(15)16/h9,13H,3-8H2,1-2H3,(H,15,16). The summed E-state index contributed by atoms with van der Waals surface area (Å²) < 4.78 is 0. The predicted molar refractivity (Wildman–Crippen MR) is 60.0 cm³/mol. The summed E-state index contributed by atoms with van der Waals surface area (Å²) in [6.45, 7) is 4.82. The van der Waals surface area contributed by atoms with E-state index in [4.69, 9.17) is 10.2 Å². The van der Waals surface area contributed by atoms with Crippen molar-refractivity contribution in [2.45, 2.75) is 33.1 Å². The molecule has 0 fully saturated rings. The topological polar surface area (TPSA) is 77.8 Å². The maximum atomic E-state index is 11.7. The van der Waals surface area contributed by atoms with E-state index in [1.54, 1.807) is 11.8 Å². The highest BCUT2D eigenvalue weighted by Crippen LogP contribution is 2.10. The molecule has 5 heteroatoms. The van der Waals surface area contributed by atoms with Crippen molar-refractivity contribution in [3.05, 3.63) is 0 Å². The average Bonchev–Trinajstić information content (AvgIpc) is 2.17. The number of hydrogen-bond acceptors (Lipinski definition) is 3. The summed E-state index contributed by atoms with van der Waals surface area (Å²) in [6, 6.07) is 0. The first-order valence-corrected chi connectivity index (χ1v) is 5.61. The minimum Gasteiger partial charge on any atom is -0.481 e. The summed E-state index contributed by atoms with van der Waals surface area (Å²) in [5.41, 5.74) is 0. The van der Waals surface area contributed by atoms with E-state index in [0.717, 1.165) is 0 Å². The summed E-state index contributed by atoms with van der Waals surface area (Å²) >= 11 is 0. The Labute approximate surface area is 96.1 Å². The fraction of sp³-hybridized carbons (Fsp3) is 0.818. The first-order chi connectivity index (χ1) is 7.51. The summed E-state index contributed by atoms with van der Waals surface area (Å²) in [4.78, 5) is 23.8. The second-order valence-corrected chi connectivity index (χ2v) is 3.96. The lowest BCUT2D eigenvalue weighted by Crippen LogP contribution is -2.33. The molecular weight excluding hydrogens is 210 g/mol. The highest BCUT2D eigenvalue weighted by atomic mass is 16.4. The highest BCUT2D eigenvalue weighted by molar-refractivity contribution is 5.77. The summed E-state index contributed by atoms with van der Waals surface area (Å²) in [7, 11) is 0. The van der Waals surface area contributed by atoms with Gasteiger partial charge >= 0.3 is 5.97 Å². The Balaban J connectivity index is 4.04. The molecule has 0 radical (unpaired) electrons. The Morgan fingerprint density at radius 3 is 2.38 bits per heavy atom. The molecule has 16 heavy (non-hydrogen) atoms. The molecule has 0 saturated heterocycles. The van der Waals surface area contributed by atoms with Crippen LogP contribution in [0.1, 0.15) is 33.1 Å². The number of carbonyl (C=O) groups is 2. The second-order valence-electron chi connectivity index (χ2n) is 3.96. The molecule has 5 nitrogen and oxygen atoms in total. The van der Waals surface area contributed by atoms with Gasteiger partial charge in [-0.05, 0) is 19.3 Å². The first-order valence-electron chi connectivity index (χ1n) is 5.61. The number of aliphatic hydroxyl groups excluding tert-OH is 1. The Morgan fingerprint density at radius 1 is 1.31 bits per heavy atom. The van der Waals surface area contributed by atoms with Crippen LogP contribution >= 0.6 is 0 Å². The van der Waals surface area contributed by atoms with E-state index in [1.165, 1.54) is 0 Å². The van der Waals surface area contributed by atoms with Gasteiger partial charge in [-0.2, -0.15) is 0 Å². The van der Waals surface area contributed by atoms with Crippen LogP contribution in [0.4, 0.5) is 0 Å². The average molecular weight is 231 g/mol. The lowest BCUT2D eigenvalue weighted by Gasteiger charge is -2.21. The van der Waals surface area contributed by atoms with Crippen LogP contribution in [-0.4, -0.2) is 46.7 Å². The Bertz CT molecular complexity index is 230. The molecule has 0 aliphatic carbocycles. The number of rotatable bonds is 8. The zero-order valence-electron chi connectivity index (χ0n) is 9.98. The maximum absolute atomic E-state index is 11.7. The van der Waals surface area contributed by atoms with Crippen molar-refractivity contribution in [1.29, 1.82) is 0 Å². The van der Waals surface area contributed by atoms with Gasteiger partial charge in [0.05, 0.1) is 0 Å². The quantitative estimate of drug-likeness (QED) is 0.645. The number of aliphatic carboxylic acids is 1. The molecule has 0 rings (SSSR count). The fourth-order valence-electron chi connectivity index (χ4n) is 1.52. The van der Waals surface area contributed by atoms with Gasteiger partial charge in [0, 0.05) is 32.5 Å². The largest absolute Gasteiger partial charge is 0.481 e. The number of carbonyl (C=O) groups excluding carboxylic acids is 1. The molecule has 0 bridgehead atoms. The van der Waals surface area contributed by atoms with Crippen LogP contribution in [0.15, 0.2) is 0 Å². The number of amides is 1. The number of aliphatic hydroxyl groups is 1. The van der Waals surface area contributed by atoms with Gasteiger partial charge in [-0.25, -0.2) is 0 Å². The van der Waals surface area contributed by atoms with Crippen LogP contribution in [-0.2, 0) is 9.59 Å². The van der Waals surface area contributed by atoms with Crippen molar-refractivity contribution in [3.63, 3.8) is 0 Å². The van der Waals surface area contributed by atoms with Crippen molar-refractivity contribution in [2.24, 2.45) is 5.92 Å². The summed E-state index contributed by atoms with van der Waals surface area (Å²) in [5.74, 6) is -1.06. The highest BCUT2D eigenvalue weighted by Gasteiger charge is 2.16. The normalized spacial score (nSPS) is 12.2. The van der Waals surface area contributed by atoms with E-state index in [1.807, 2.05) is 6.92 Å². The molecule has 0 aromatic heterocycles. The van der Waals surface area contributed by atoms with Crippen LogP contribution in [0, 0.1) is 5.92 Å². The molecule has 0 aliphatic rings. The van der Waals surface area contributed by atoms with E-state index in [2.05, 4.69) is 0 Å². The van der Waals surface area contributed by atoms with Crippen molar-refractivity contribution in [2.75, 3.05) is 19.7 Å². The van der Waals surface area contributed by atoms with Gasteiger partial charge in [0.2, 0.25) is 5.91 Å². The van der Waals surface area contributed by atoms with E-state index in [0.29, 0.717) is 19.5 Å². The van der Waals surface area contributed by atoms with Crippen LogP contribution in [0.2, 0.25) is 0 Å². The van der Waals surface area contributed by atoms with Crippen molar-refractivity contribution >= 4 is 11.9 Å². The van der Waals surface area contributed by atoms with Crippen molar-refractivity contribution in [1.82, 2.24) is 4.90 Å². The molecule has 0 aromatic carbocycles. The van der Waals surface area contributed by atoms with Crippen LogP contribution < -0.4 is 0 Å². The molecular formula is C11H21NO4. The molecule has 1 amide bonds. The summed E-state index contributed by atoms with van der Waals surface area (Å²) in [5, 5.41) is 17.3. The fourth-order valence-corrected chi connectivity index (χ4v) is 1.52. The van der Waals surface area contributed by atoms with Gasteiger partial charge in [0.25, 0.3) is 0 Å². The third kappa shape index (κ3) is 6.40. The molecule has 0 saturated carbocycles. The van der Waals surface area contributed by atoms with E-state index in [-0.39, 0.29) is 31.3 Å². The SMILES string of the molecule is CCN(CCCO)C(=O)CC(C)CC(=O)O. The number of carboxylic acids is 1. The first kappa shape index (κ1) is 14.9. The number of nitrogens with zero attached hydrogens (tertiary/aromatic N) is 1. The van der Waals surface area contributed by atoms with Crippen molar-refractivity contribution < 1.29 is 19.8 Å². The molecule has 0 aromatic rings. The zero-order chi connectivity index (χ0) is 12.6. The van der Waals surface area contributed by atoms with Crippen LogP contribution in [0.25, 0.3) is 0 Å². The third-order valence-electron chi connectivity index (χ3n) is 2.37. The van der Waals surface area contributed by atoms with Gasteiger partial charge in [-0.3, -0.25) is 9.59 Å². The molecule has 2 N–H and O–H groups in total. The maximum Gasteiger partial charge on any atom is 0.303 e. The van der Waals surface area contributed by atoms with Gasteiger partial charge in [0.15, 0.2) is 0 Å². The Kier molecular flexibility index (Phi) is 7.54. The lowest BCUT2D eigenvalue weighted by atomic mass is 10.0. The lowest BCUT2D eigenvalue weighted by molar-refractivity contribution is -0.138. The number of carboxylic acid groups (broad SMARTS) is 1. The van der Waals surface area contributed by atoms with E-state index in [9.17, 15) is 9.59 Å². The third-order valence-corrected chi connectivity index (χ3v) is 2.37. The smallest absolute Gasteiger partial charge is 0.303 e. The molecule has 94 valence electrons. The Morgan fingerprint density at radius 2 is 1.94 bits per heavy atom. The minimum absolute atomic E-state index is 0.0172. The number of hydrogen-bond donors (Lipinski definition) is 2. The molecule has 0 heterocycles. The van der Waals surface area contributed by atoms with Gasteiger partial charge in [-0.15, -0.1) is 0 Å². The van der Waals surface area contributed by atoms with Crippen molar-refractivity contribution in [3.8, 4) is 0 Å². The zero-order valence-corrected chi connectivity index (χ0v) is 9.98. The van der Waals surface area contributed by atoms with Gasteiger partial charge in [-0.1, -0.05) is 6.92 Å². The molecule has 0 spiro atoms.